The van der Waals surface area contributed by atoms with Gasteiger partial charge in [-0.15, -0.1) is 10.2 Å². The molecule has 1 N–H and O–H groups in total. The third-order valence-electron chi connectivity index (χ3n) is 1.84. The standard InChI is InChI=1S/C10H18N4S/c1-8(2)11-5-9(3)6-15-10-13-12-7-14(10)4/h7-8,11H,3,5-6H2,1-2,4H3. The van der Waals surface area contributed by atoms with Gasteiger partial charge in [0.25, 0.3) is 0 Å². The monoisotopic (exact) mass is 226 g/mol. The smallest absolute Gasteiger partial charge is 0.191 e. The normalized spacial score (nSPS) is 10.9. The third kappa shape index (κ3) is 4.48. The van der Waals surface area contributed by atoms with E-state index in [1.807, 2.05) is 11.6 Å². The number of hydrogen-bond donors (Lipinski definition) is 1. The highest BCUT2D eigenvalue weighted by Gasteiger charge is 2.03. The molecular weight excluding hydrogens is 208 g/mol. The molecule has 0 bridgehead atoms. The summed E-state index contributed by atoms with van der Waals surface area (Å²) in [6, 6.07) is 0.501. The summed E-state index contributed by atoms with van der Waals surface area (Å²) >= 11 is 1.66. The summed E-state index contributed by atoms with van der Waals surface area (Å²) in [6.45, 7) is 9.13. The Balaban J connectivity index is 2.26. The van der Waals surface area contributed by atoms with Crippen molar-refractivity contribution in [1.29, 1.82) is 0 Å². The van der Waals surface area contributed by atoms with Crippen molar-refractivity contribution in [2.24, 2.45) is 7.05 Å². The molecule has 1 aromatic rings. The topological polar surface area (TPSA) is 42.7 Å². The van der Waals surface area contributed by atoms with Gasteiger partial charge in [-0.1, -0.05) is 37.8 Å². The van der Waals surface area contributed by atoms with E-state index in [-0.39, 0.29) is 0 Å². The minimum atomic E-state index is 0.501. The van der Waals surface area contributed by atoms with E-state index < -0.39 is 0 Å². The van der Waals surface area contributed by atoms with Crippen molar-refractivity contribution in [2.75, 3.05) is 12.3 Å². The Morgan fingerprint density at radius 3 is 2.93 bits per heavy atom. The van der Waals surface area contributed by atoms with E-state index in [1.165, 1.54) is 5.57 Å². The lowest BCUT2D eigenvalue weighted by molar-refractivity contribution is 0.623. The molecule has 1 aromatic heterocycles. The molecule has 1 heterocycles. The van der Waals surface area contributed by atoms with Crippen LogP contribution in [0.25, 0.3) is 0 Å². The van der Waals surface area contributed by atoms with Gasteiger partial charge in [0, 0.05) is 25.4 Å². The number of hydrogen-bond acceptors (Lipinski definition) is 4. The maximum atomic E-state index is 4.01. The number of thioether (sulfide) groups is 1. The average molecular weight is 226 g/mol. The second kappa shape index (κ2) is 5.92. The van der Waals surface area contributed by atoms with Gasteiger partial charge in [0.1, 0.15) is 6.33 Å². The number of nitrogens with one attached hydrogen (secondary N) is 1. The van der Waals surface area contributed by atoms with E-state index >= 15 is 0 Å². The number of aromatic nitrogens is 3. The predicted molar refractivity (Wildman–Crippen MR) is 64.0 cm³/mol. The molecule has 4 nitrogen and oxygen atoms in total. The summed E-state index contributed by atoms with van der Waals surface area (Å²) in [5.41, 5.74) is 1.18. The van der Waals surface area contributed by atoms with E-state index in [4.69, 9.17) is 0 Å². The molecule has 0 radical (unpaired) electrons. The molecule has 84 valence electrons. The van der Waals surface area contributed by atoms with Crippen molar-refractivity contribution in [3.05, 3.63) is 18.5 Å². The second-order valence-electron chi connectivity index (χ2n) is 3.80. The number of aryl methyl sites for hydroxylation is 1. The number of nitrogens with zero attached hydrogens (tertiary/aromatic N) is 3. The molecule has 0 aliphatic rings. The largest absolute Gasteiger partial charge is 0.312 e. The summed E-state index contributed by atoms with van der Waals surface area (Å²) in [6.07, 6.45) is 1.71. The van der Waals surface area contributed by atoms with Gasteiger partial charge in [-0.3, -0.25) is 0 Å². The van der Waals surface area contributed by atoms with Crippen LogP contribution in [0, 0.1) is 0 Å². The lowest BCUT2D eigenvalue weighted by Crippen LogP contribution is -2.25. The van der Waals surface area contributed by atoms with Crippen LogP contribution < -0.4 is 5.32 Å². The molecule has 0 unspecified atom stereocenters. The minimum absolute atomic E-state index is 0.501. The van der Waals surface area contributed by atoms with Crippen LogP contribution in [0.15, 0.2) is 23.6 Å². The molecule has 1 rings (SSSR count). The zero-order chi connectivity index (χ0) is 11.3. The van der Waals surface area contributed by atoms with Crippen LogP contribution in [0.4, 0.5) is 0 Å². The quantitative estimate of drug-likeness (QED) is 0.589. The zero-order valence-electron chi connectivity index (χ0n) is 9.53. The summed E-state index contributed by atoms with van der Waals surface area (Å²) in [5.74, 6) is 0.881. The van der Waals surface area contributed by atoms with Crippen molar-refractivity contribution in [3.63, 3.8) is 0 Å². The first-order chi connectivity index (χ1) is 7.09. The highest BCUT2D eigenvalue weighted by Crippen LogP contribution is 2.15. The van der Waals surface area contributed by atoms with Gasteiger partial charge >= 0.3 is 0 Å². The first-order valence-electron chi connectivity index (χ1n) is 4.96. The van der Waals surface area contributed by atoms with Gasteiger partial charge in [0.05, 0.1) is 0 Å². The molecule has 0 saturated heterocycles. The molecule has 0 aliphatic heterocycles. The third-order valence-corrected chi connectivity index (χ3v) is 3.02. The van der Waals surface area contributed by atoms with Gasteiger partial charge in [0.2, 0.25) is 0 Å². The van der Waals surface area contributed by atoms with Crippen LogP contribution in [0.2, 0.25) is 0 Å². The predicted octanol–water partition coefficient (Wildman–Crippen LogP) is 1.46. The number of rotatable bonds is 6. The van der Waals surface area contributed by atoms with E-state index in [9.17, 15) is 0 Å². The molecule has 0 spiro atoms. The fraction of sp³-hybridized carbons (Fsp3) is 0.600. The van der Waals surface area contributed by atoms with Crippen LogP contribution >= 0.6 is 11.8 Å². The van der Waals surface area contributed by atoms with E-state index in [2.05, 4.69) is 35.9 Å². The van der Waals surface area contributed by atoms with Crippen molar-refractivity contribution in [1.82, 2.24) is 20.1 Å². The van der Waals surface area contributed by atoms with Crippen molar-refractivity contribution in [2.45, 2.75) is 25.0 Å². The minimum Gasteiger partial charge on any atom is -0.312 e. The molecule has 0 aliphatic carbocycles. The fourth-order valence-corrected chi connectivity index (χ4v) is 1.76. The fourth-order valence-electron chi connectivity index (χ4n) is 0.969. The van der Waals surface area contributed by atoms with Gasteiger partial charge in [-0.05, 0) is 0 Å². The van der Waals surface area contributed by atoms with Gasteiger partial charge in [-0.25, -0.2) is 0 Å². The van der Waals surface area contributed by atoms with E-state index in [1.54, 1.807) is 18.1 Å². The summed E-state index contributed by atoms with van der Waals surface area (Å²) in [5, 5.41) is 12.1. The zero-order valence-corrected chi connectivity index (χ0v) is 10.3. The van der Waals surface area contributed by atoms with Crippen LogP contribution in [0.5, 0.6) is 0 Å². The first-order valence-corrected chi connectivity index (χ1v) is 5.95. The molecule has 5 heteroatoms. The molecule has 15 heavy (non-hydrogen) atoms. The first kappa shape index (κ1) is 12.3. The Bertz CT molecular complexity index is 319. The van der Waals surface area contributed by atoms with Crippen LogP contribution in [-0.2, 0) is 7.05 Å². The maximum Gasteiger partial charge on any atom is 0.191 e. The van der Waals surface area contributed by atoms with E-state index in [0.29, 0.717) is 6.04 Å². The van der Waals surface area contributed by atoms with Crippen molar-refractivity contribution in [3.8, 4) is 0 Å². The lowest BCUT2D eigenvalue weighted by atomic mass is 10.3. The van der Waals surface area contributed by atoms with Crippen molar-refractivity contribution >= 4 is 11.8 Å². The maximum absolute atomic E-state index is 4.01. The van der Waals surface area contributed by atoms with Gasteiger partial charge < -0.3 is 9.88 Å². The van der Waals surface area contributed by atoms with Gasteiger partial charge in [0.15, 0.2) is 5.16 Å². The van der Waals surface area contributed by atoms with Gasteiger partial charge in [-0.2, -0.15) is 0 Å². The Kier molecular flexibility index (Phi) is 4.84. The molecule has 0 saturated carbocycles. The second-order valence-corrected chi connectivity index (χ2v) is 4.74. The molecular formula is C10H18N4S. The Labute approximate surface area is 95.2 Å². The van der Waals surface area contributed by atoms with Crippen molar-refractivity contribution < 1.29 is 0 Å². The Morgan fingerprint density at radius 2 is 2.40 bits per heavy atom. The van der Waals surface area contributed by atoms with Crippen LogP contribution in [-0.4, -0.2) is 33.1 Å². The summed E-state index contributed by atoms with van der Waals surface area (Å²) in [7, 11) is 1.94. The summed E-state index contributed by atoms with van der Waals surface area (Å²) < 4.78 is 1.91. The Morgan fingerprint density at radius 1 is 1.67 bits per heavy atom. The van der Waals surface area contributed by atoms with Crippen LogP contribution in [0.3, 0.4) is 0 Å². The Hall–Kier alpha value is -0.810. The summed E-state index contributed by atoms with van der Waals surface area (Å²) in [4.78, 5) is 0. The average Bonchev–Trinajstić information content (AvgIpc) is 2.58. The molecule has 0 fully saturated rings. The highest BCUT2D eigenvalue weighted by molar-refractivity contribution is 7.99. The molecule has 0 amide bonds. The molecule has 0 atom stereocenters. The van der Waals surface area contributed by atoms with Crippen LogP contribution in [0.1, 0.15) is 13.8 Å². The lowest BCUT2D eigenvalue weighted by Gasteiger charge is -2.09. The SMILES string of the molecule is C=C(CNC(C)C)CSc1nncn1C. The van der Waals surface area contributed by atoms with E-state index in [0.717, 1.165) is 17.5 Å². The molecule has 0 aromatic carbocycles. The highest BCUT2D eigenvalue weighted by atomic mass is 32.2.